The third kappa shape index (κ3) is 6.89. The summed E-state index contributed by atoms with van der Waals surface area (Å²) in [6.07, 6.45) is 7.19. The molecule has 0 bridgehead atoms. The largest absolute Gasteiger partial charge is 0.354 e. The van der Waals surface area contributed by atoms with Gasteiger partial charge in [0.15, 0.2) is 0 Å². The minimum absolute atomic E-state index is 0.222. The summed E-state index contributed by atoms with van der Waals surface area (Å²) in [6.45, 7) is 7.28. The molecule has 0 aliphatic heterocycles. The maximum absolute atomic E-state index is 5.92. The number of halogens is 1. The molecular formula is C14H26ClN5. The van der Waals surface area contributed by atoms with Gasteiger partial charge in [0, 0.05) is 12.6 Å². The third-order valence-corrected chi connectivity index (χ3v) is 3.18. The van der Waals surface area contributed by atoms with Crippen molar-refractivity contribution in [3.8, 4) is 0 Å². The van der Waals surface area contributed by atoms with Crippen molar-refractivity contribution in [3.05, 3.63) is 5.28 Å². The summed E-state index contributed by atoms with van der Waals surface area (Å²) in [5.41, 5.74) is 0. The fourth-order valence-electron chi connectivity index (χ4n) is 1.90. The first-order chi connectivity index (χ1) is 9.65. The molecule has 1 aromatic rings. The van der Waals surface area contributed by atoms with Gasteiger partial charge in [0.1, 0.15) is 0 Å². The van der Waals surface area contributed by atoms with Crippen molar-refractivity contribution >= 4 is 23.5 Å². The Labute approximate surface area is 127 Å². The predicted octanol–water partition coefficient (Wildman–Crippen LogP) is 4.12. The van der Waals surface area contributed by atoms with Crippen molar-refractivity contribution in [3.63, 3.8) is 0 Å². The number of nitrogens with one attached hydrogen (secondary N) is 2. The number of aromatic nitrogens is 3. The van der Waals surface area contributed by atoms with Crippen molar-refractivity contribution in [1.82, 2.24) is 15.0 Å². The zero-order valence-electron chi connectivity index (χ0n) is 12.7. The van der Waals surface area contributed by atoms with Gasteiger partial charge in [-0.25, -0.2) is 0 Å². The van der Waals surface area contributed by atoms with Gasteiger partial charge in [-0.3, -0.25) is 0 Å². The molecule has 2 N–H and O–H groups in total. The summed E-state index contributed by atoms with van der Waals surface area (Å²) in [6, 6.07) is 0.337. The highest BCUT2D eigenvalue weighted by atomic mass is 35.5. The summed E-state index contributed by atoms with van der Waals surface area (Å²) in [5.74, 6) is 1.08. The molecule has 114 valence electrons. The number of unbranched alkanes of at least 4 members (excludes halogenated alkanes) is 3. The summed E-state index contributed by atoms with van der Waals surface area (Å²) in [7, 11) is 0. The van der Waals surface area contributed by atoms with Crippen LogP contribution in [0, 0.1) is 0 Å². The quantitative estimate of drug-likeness (QED) is 0.636. The second-order valence-electron chi connectivity index (χ2n) is 5.07. The van der Waals surface area contributed by atoms with Gasteiger partial charge in [-0.2, -0.15) is 15.0 Å². The Morgan fingerprint density at radius 1 is 1.00 bits per heavy atom. The van der Waals surface area contributed by atoms with Crippen molar-refractivity contribution in [2.45, 2.75) is 65.3 Å². The Morgan fingerprint density at radius 3 is 2.45 bits per heavy atom. The molecule has 0 saturated heterocycles. The van der Waals surface area contributed by atoms with Gasteiger partial charge in [0.05, 0.1) is 0 Å². The molecular weight excluding hydrogens is 274 g/mol. The van der Waals surface area contributed by atoms with E-state index in [1.165, 1.54) is 25.7 Å². The average Bonchev–Trinajstić information content (AvgIpc) is 2.41. The second-order valence-corrected chi connectivity index (χ2v) is 5.41. The molecule has 1 heterocycles. The molecule has 0 aromatic carbocycles. The molecule has 0 radical (unpaired) electrons. The number of anilines is 2. The van der Waals surface area contributed by atoms with Gasteiger partial charge in [0.25, 0.3) is 0 Å². The summed E-state index contributed by atoms with van der Waals surface area (Å²) >= 11 is 5.92. The van der Waals surface area contributed by atoms with E-state index in [1.807, 2.05) is 0 Å². The van der Waals surface area contributed by atoms with Gasteiger partial charge in [-0.1, -0.05) is 39.5 Å². The fraction of sp³-hybridized carbons (Fsp3) is 0.786. The van der Waals surface area contributed by atoms with Crippen LogP contribution in [-0.2, 0) is 0 Å². The Hall–Kier alpha value is -1.10. The van der Waals surface area contributed by atoms with E-state index < -0.39 is 0 Å². The Kier molecular flexibility index (Phi) is 8.26. The van der Waals surface area contributed by atoms with Crippen molar-refractivity contribution in [1.29, 1.82) is 0 Å². The van der Waals surface area contributed by atoms with Gasteiger partial charge in [0.2, 0.25) is 17.2 Å². The number of rotatable bonds is 10. The lowest BCUT2D eigenvalue weighted by molar-refractivity contribution is 0.591. The molecule has 5 nitrogen and oxygen atoms in total. The van der Waals surface area contributed by atoms with E-state index in [1.54, 1.807) is 0 Å². The molecule has 0 aliphatic rings. The zero-order valence-corrected chi connectivity index (χ0v) is 13.5. The van der Waals surface area contributed by atoms with Crippen LogP contribution in [0.25, 0.3) is 0 Å². The van der Waals surface area contributed by atoms with Crippen LogP contribution in [0.15, 0.2) is 0 Å². The maximum atomic E-state index is 5.92. The molecule has 0 aliphatic carbocycles. The van der Waals surface area contributed by atoms with Crippen molar-refractivity contribution in [2.75, 3.05) is 17.2 Å². The smallest absolute Gasteiger partial charge is 0.229 e. The Morgan fingerprint density at radius 2 is 1.75 bits per heavy atom. The Bertz CT molecular complexity index is 386. The molecule has 0 saturated carbocycles. The second kappa shape index (κ2) is 9.75. The van der Waals surface area contributed by atoms with E-state index in [9.17, 15) is 0 Å². The molecule has 1 atom stereocenters. The molecule has 0 amide bonds. The maximum Gasteiger partial charge on any atom is 0.229 e. The van der Waals surface area contributed by atoms with Crippen LogP contribution in [0.1, 0.15) is 59.3 Å². The zero-order chi connectivity index (χ0) is 14.8. The minimum Gasteiger partial charge on any atom is -0.354 e. The highest BCUT2D eigenvalue weighted by Gasteiger charge is 2.08. The van der Waals surface area contributed by atoms with Crippen LogP contribution in [0.5, 0.6) is 0 Å². The van der Waals surface area contributed by atoms with E-state index in [-0.39, 0.29) is 5.28 Å². The summed E-state index contributed by atoms with van der Waals surface area (Å²) in [5, 5.41) is 6.63. The van der Waals surface area contributed by atoms with Gasteiger partial charge in [-0.15, -0.1) is 0 Å². The van der Waals surface area contributed by atoms with E-state index in [2.05, 4.69) is 46.4 Å². The summed E-state index contributed by atoms with van der Waals surface area (Å²) in [4.78, 5) is 12.5. The molecule has 1 rings (SSSR count). The molecule has 0 fully saturated rings. The van der Waals surface area contributed by atoms with Crippen LogP contribution >= 0.6 is 11.6 Å². The van der Waals surface area contributed by atoms with Crippen LogP contribution in [0.4, 0.5) is 11.9 Å². The van der Waals surface area contributed by atoms with E-state index >= 15 is 0 Å². The topological polar surface area (TPSA) is 62.7 Å². The van der Waals surface area contributed by atoms with E-state index in [4.69, 9.17) is 11.6 Å². The van der Waals surface area contributed by atoms with Crippen molar-refractivity contribution in [2.24, 2.45) is 0 Å². The summed E-state index contributed by atoms with van der Waals surface area (Å²) < 4.78 is 0. The van der Waals surface area contributed by atoms with Crippen LogP contribution < -0.4 is 10.6 Å². The van der Waals surface area contributed by atoms with Crippen molar-refractivity contribution < 1.29 is 0 Å². The lowest BCUT2D eigenvalue weighted by atomic mass is 10.1. The molecule has 0 spiro atoms. The number of hydrogen-bond donors (Lipinski definition) is 2. The SMILES string of the molecule is CCCCCCC(C)Nc1nc(Cl)nc(NCCC)n1. The monoisotopic (exact) mass is 299 g/mol. The number of nitrogens with zero attached hydrogens (tertiary/aromatic N) is 3. The highest BCUT2D eigenvalue weighted by molar-refractivity contribution is 6.28. The number of hydrogen-bond acceptors (Lipinski definition) is 5. The third-order valence-electron chi connectivity index (χ3n) is 3.01. The average molecular weight is 300 g/mol. The van der Waals surface area contributed by atoms with Gasteiger partial charge < -0.3 is 10.6 Å². The van der Waals surface area contributed by atoms with Crippen LogP contribution in [0.3, 0.4) is 0 Å². The standard InChI is InChI=1S/C14H26ClN5/c1-4-6-7-8-9-11(3)17-14-19-12(15)18-13(20-14)16-10-5-2/h11H,4-10H2,1-3H3,(H2,16,17,18,19,20). The lowest BCUT2D eigenvalue weighted by Gasteiger charge is -2.14. The minimum atomic E-state index is 0.222. The highest BCUT2D eigenvalue weighted by Crippen LogP contribution is 2.13. The van der Waals surface area contributed by atoms with E-state index in [0.29, 0.717) is 17.9 Å². The first kappa shape index (κ1) is 17.0. The normalized spacial score (nSPS) is 12.2. The predicted molar refractivity (Wildman–Crippen MR) is 85.5 cm³/mol. The first-order valence-corrected chi connectivity index (χ1v) is 7.95. The van der Waals surface area contributed by atoms with Gasteiger partial charge in [-0.05, 0) is 31.4 Å². The molecule has 20 heavy (non-hydrogen) atoms. The molecule has 6 heteroatoms. The van der Waals surface area contributed by atoms with Crippen LogP contribution in [-0.4, -0.2) is 27.5 Å². The Balaban J connectivity index is 2.47. The van der Waals surface area contributed by atoms with Gasteiger partial charge >= 0.3 is 0 Å². The molecule has 1 aromatic heterocycles. The fourth-order valence-corrected chi connectivity index (χ4v) is 2.06. The lowest BCUT2D eigenvalue weighted by Crippen LogP contribution is -2.18. The first-order valence-electron chi connectivity index (χ1n) is 7.57. The van der Waals surface area contributed by atoms with E-state index in [0.717, 1.165) is 19.4 Å². The molecule has 1 unspecified atom stereocenters. The van der Waals surface area contributed by atoms with Crippen LogP contribution in [0.2, 0.25) is 5.28 Å².